The molecule has 2 atom stereocenters. The van der Waals surface area contributed by atoms with Gasteiger partial charge in [0, 0.05) is 12.6 Å². The molecule has 7 heteroatoms. The van der Waals surface area contributed by atoms with Gasteiger partial charge >= 0.3 is 12.0 Å². The van der Waals surface area contributed by atoms with Gasteiger partial charge in [-0.3, -0.25) is 4.79 Å². The Kier molecular flexibility index (Phi) is 4.13. The van der Waals surface area contributed by atoms with E-state index < -0.39 is 29.8 Å². The van der Waals surface area contributed by atoms with Crippen LogP contribution in [-0.2, 0) is 4.79 Å². The summed E-state index contributed by atoms with van der Waals surface area (Å²) in [7, 11) is 0. The number of nitrogens with zero attached hydrogens (tertiary/aromatic N) is 1. The van der Waals surface area contributed by atoms with Crippen LogP contribution in [0.2, 0.25) is 5.02 Å². The van der Waals surface area contributed by atoms with Crippen molar-refractivity contribution >= 4 is 29.3 Å². The third-order valence-electron chi connectivity index (χ3n) is 3.51. The predicted octanol–water partition coefficient (Wildman–Crippen LogP) is 2.81. The molecule has 0 spiro atoms. The smallest absolute Gasteiger partial charge is 0.322 e. The van der Waals surface area contributed by atoms with Gasteiger partial charge in [-0.1, -0.05) is 11.6 Å². The normalized spacial score (nSPS) is 21.9. The number of carbonyl (C=O) groups is 2. The minimum atomic E-state index is -0.910. The average Bonchev–Trinajstić information content (AvgIpc) is 2.74. The summed E-state index contributed by atoms with van der Waals surface area (Å²) in [6.07, 6.45) is 0.418. The summed E-state index contributed by atoms with van der Waals surface area (Å²) in [5, 5.41) is 11.7. The van der Waals surface area contributed by atoms with Gasteiger partial charge in [-0.2, -0.15) is 0 Å². The van der Waals surface area contributed by atoms with Crippen molar-refractivity contribution in [1.82, 2.24) is 4.90 Å². The van der Waals surface area contributed by atoms with Crippen molar-refractivity contribution in [2.24, 2.45) is 5.92 Å². The van der Waals surface area contributed by atoms with Gasteiger partial charge in [0.2, 0.25) is 0 Å². The Labute approximate surface area is 120 Å². The molecule has 2 N–H and O–H groups in total. The fourth-order valence-electron chi connectivity index (χ4n) is 2.33. The van der Waals surface area contributed by atoms with Gasteiger partial charge in [0.05, 0.1) is 16.6 Å². The molecule has 1 aliphatic rings. The zero-order valence-corrected chi connectivity index (χ0v) is 11.5. The van der Waals surface area contributed by atoms with Crippen LogP contribution < -0.4 is 5.32 Å². The summed E-state index contributed by atoms with van der Waals surface area (Å²) >= 11 is 5.83. The molecule has 1 aromatic rings. The number of hydrogen-bond acceptors (Lipinski definition) is 2. The standard InChI is InChI=1S/C13H14ClFN2O3/c1-7-9(12(18)19)4-5-17(7)13(20)16-11-3-2-8(15)6-10(11)14/h2-3,6-7,9H,4-5H2,1H3,(H,16,20)(H,18,19). The van der Waals surface area contributed by atoms with Crippen molar-refractivity contribution < 1.29 is 19.1 Å². The second kappa shape index (κ2) is 5.66. The molecule has 2 unspecified atom stereocenters. The number of halogens is 2. The molecule has 0 saturated carbocycles. The van der Waals surface area contributed by atoms with Gasteiger partial charge in [0.1, 0.15) is 5.82 Å². The van der Waals surface area contributed by atoms with Gasteiger partial charge in [0.15, 0.2) is 0 Å². The summed E-state index contributed by atoms with van der Waals surface area (Å²) in [5.74, 6) is -1.97. The number of urea groups is 1. The van der Waals surface area contributed by atoms with Gasteiger partial charge in [0.25, 0.3) is 0 Å². The lowest BCUT2D eigenvalue weighted by molar-refractivity contribution is -0.142. The summed E-state index contributed by atoms with van der Waals surface area (Å²) in [5.41, 5.74) is 0.295. The Morgan fingerprint density at radius 1 is 1.50 bits per heavy atom. The first-order chi connectivity index (χ1) is 9.40. The van der Waals surface area contributed by atoms with Crippen molar-refractivity contribution in [3.63, 3.8) is 0 Å². The zero-order chi connectivity index (χ0) is 14.9. The Bertz CT molecular complexity index is 552. The number of nitrogens with one attached hydrogen (secondary N) is 1. The largest absolute Gasteiger partial charge is 0.481 e. The van der Waals surface area contributed by atoms with Gasteiger partial charge in [-0.25, -0.2) is 9.18 Å². The number of carbonyl (C=O) groups excluding carboxylic acids is 1. The van der Waals surface area contributed by atoms with E-state index in [1.165, 1.54) is 17.0 Å². The Morgan fingerprint density at radius 2 is 2.20 bits per heavy atom. The van der Waals surface area contributed by atoms with E-state index in [-0.39, 0.29) is 5.02 Å². The monoisotopic (exact) mass is 300 g/mol. The minimum Gasteiger partial charge on any atom is -0.481 e. The molecule has 20 heavy (non-hydrogen) atoms. The van der Waals surface area contributed by atoms with Gasteiger partial charge in [-0.05, 0) is 31.5 Å². The lowest BCUT2D eigenvalue weighted by Gasteiger charge is -2.23. The molecule has 5 nitrogen and oxygen atoms in total. The second-order valence-electron chi connectivity index (χ2n) is 4.72. The second-order valence-corrected chi connectivity index (χ2v) is 5.13. The highest BCUT2D eigenvalue weighted by Crippen LogP contribution is 2.27. The first-order valence-corrected chi connectivity index (χ1v) is 6.53. The predicted molar refractivity (Wildman–Crippen MR) is 72.3 cm³/mol. The van der Waals surface area contributed by atoms with Crippen LogP contribution in [0.5, 0.6) is 0 Å². The number of amides is 2. The van der Waals surface area contributed by atoms with Gasteiger partial charge in [-0.15, -0.1) is 0 Å². The maximum absolute atomic E-state index is 12.9. The van der Waals surface area contributed by atoms with E-state index >= 15 is 0 Å². The maximum Gasteiger partial charge on any atom is 0.322 e. The molecule has 1 heterocycles. The van der Waals surface area contributed by atoms with Crippen molar-refractivity contribution in [2.75, 3.05) is 11.9 Å². The summed E-state index contributed by atoms with van der Waals surface area (Å²) < 4.78 is 12.9. The number of aliphatic carboxylic acids is 1. The highest BCUT2D eigenvalue weighted by atomic mass is 35.5. The number of carboxylic acid groups (broad SMARTS) is 1. The average molecular weight is 301 g/mol. The first-order valence-electron chi connectivity index (χ1n) is 6.15. The molecule has 0 aliphatic carbocycles. The third-order valence-corrected chi connectivity index (χ3v) is 3.82. The molecule has 1 aliphatic heterocycles. The number of benzene rings is 1. The lowest BCUT2D eigenvalue weighted by Crippen LogP contribution is -2.40. The number of likely N-dealkylation sites (tertiary alicyclic amines) is 1. The van der Waals surface area contributed by atoms with E-state index in [1.807, 2.05) is 0 Å². The Hall–Kier alpha value is -1.82. The lowest BCUT2D eigenvalue weighted by atomic mass is 10.0. The molecule has 2 amide bonds. The highest BCUT2D eigenvalue weighted by Gasteiger charge is 2.38. The molecular weight excluding hydrogens is 287 g/mol. The number of hydrogen-bond donors (Lipinski definition) is 2. The molecule has 1 aromatic carbocycles. The van der Waals surface area contributed by atoms with E-state index in [0.29, 0.717) is 18.7 Å². The SMILES string of the molecule is CC1C(C(=O)O)CCN1C(=O)Nc1ccc(F)cc1Cl. The molecule has 0 radical (unpaired) electrons. The number of rotatable bonds is 2. The summed E-state index contributed by atoms with van der Waals surface area (Å²) in [6.45, 7) is 2.06. The van der Waals surface area contributed by atoms with Crippen molar-refractivity contribution in [3.8, 4) is 0 Å². The van der Waals surface area contributed by atoms with Crippen LogP contribution in [0.3, 0.4) is 0 Å². The fourth-order valence-corrected chi connectivity index (χ4v) is 2.55. The van der Waals surface area contributed by atoms with Crippen LogP contribution in [0.4, 0.5) is 14.9 Å². The molecule has 2 rings (SSSR count). The van der Waals surface area contributed by atoms with E-state index in [2.05, 4.69) is 5.32 Å². The minimum absolute atomic E-state index is 0.0972. The van der Waals surface area contributed by atoms with Gasteiger partial charge < -0.3 is 15.3 Å². The topological polar surface area (TPSA) is 69.6 Å². The Morgan fingerprint density at radius 3 is 2.75 bits per heavy atom. The molecule has 1 saturated heterocycles. The van der Waals surface area contributed by atoms with Crippen LogP contribution in [0.1, 0.15) is 13.3 Å². The van der Waals surface area contributed by atoms with E-state index in [1.54, 1.807) is 6.92 Å². The van der Waals surface area contributed by atoms with E-state index in [4.69, 9.17) is 16.7 Å². The van der Waals surface area contributed by atoms with E-state index in [9.17, 15) is 14.0 Å². The summed E-state index contributed by atoms with van der Waals surface area (Å²) in [6, 6.07) is 2.83. The van der Waals surface area contributed by atoms with Crippen LogP contribution in [0, 0.1) is 11.7 Å². The third kappa shape index (κ3) is 2.85. The van der Waals surface area contributed by atoms with Crippen molar-refractivity contribution in [2.45, 2.75) is 19.4 Å². The van der Waals surface area contributed by atoms with Crippen LogP contribution >= 0.6 is 11.6 Å². The highest BCUT2D eigenvalue weighted by molar-refractivity contribution is 6.33. The molecular formula is C13H14ClFN2O3. The summed E-state index contributed by atoms with van der Waals surface area (Å²) in [4.78, 5) is 24.6. The van der Waals surface area contributed by atoms with Crippen molar-refractivity contribution in [3.05, 3.63) is 29.0 Å². The molecule has 0 bridgehead atoms. The molecule has 1 fully saturated rings. The van der Waals surface area contributed by atoms with Crippen molar-refractivity contribution in [1.29, 1.82) is 0 Å². The number of anilines is 1. The quantitative estimate of drug-likeness (QED) is 0.882. The Balaban J connectivity index is 2.07. The molecule has 108 valence electrons. The van der Waals surface area contributed by atoms with Crippen LogP contribution in [0.25, 0.3) is 0 Å². The fraction of sp³-hybridized carbons (Fsp3) is 0.385. The maximum atomic E-state index is 12.9. The first kappa shape index (κ1) is 14.6. The van der Waals surface area contributed by atoms with Crippen LogP contribution in [-0.4, -0.2) is 34.6 Å². The zero-order valence-electron chi connectivity index (χ0n) is 10.8. The van der Waals surface area contributed by atoms with E-state index in [0.717, 1.165) is 6.07 Å². The van der Waals surface area contributed by atoms with Crippen LogP contribution in [0.15, 0.2) is 18.2 Å². The molecule has 0 aromatic heterocycles. The number of carboxylic acids is 1.